The van der Waals surface area contributed by atoms with Gasteiger partial charge in [-0.15, -0.1) is 11.3 Å². The lowest BCUT2D eigenvalue weighted by atomic mass is 10.1. The largest absolute Gasteiger partial charge is 0.465 e. The van der Waals surface area contributed by atoms with Crippen molar-refractivity contribution in [3.8, 4) is 0 Å². The van der Waals surface area contributed by atoms with E-state index in [0.717, 1.165) is 35.9 Å². The van der Waals surface area contributed by atoms with Gasteiger partial charge in [0.15, 0.2) is 0 Å². The van der Waals surface area contributed by atoms with Crippen molar-refractivity contribution >= 4 is 40.3 Å². The molecule has 1 aliphatic carbocycles. The fraction of sp³-hybridized carbons (Fsp3) is 0.222. The summed E-state index contributed by atoms with van der Waals surface area (Å²) in [7, 11) is 1.26. The molecular formula is C18H16FN3O4S. The molecule has 2 N–H and O–H groups in total. The highest BCUT2D eigenvalue weighted by atomic mass is 32.1. The molecule has 7 nitrogen and oxygen atoms in total. The first-order valence-electron chi connectivity index (χ1n) is 8.13. The Hall–Kier alpha value is -3.07. The van der Waals surface area contributed by atoms with E-state index >= 15 is 0 Å². The van der Waals surface area contributed by atoms with Crippen LogP contribution in [0.5, 0.6) is 0 Å². The molecule has 0 aliphatic heterocycles. The number of amides is 2. The molecule has 2 aromatic rings. The van der Waals surface area contributed by atoms with E-state index in [2.05, 4.69) is 10.4 Å². The first kappa shape index (κ1) is 18.7. The van der Waals surface area contributed by atoms with Crippen molar-refractivity contribution in [2.24, 2.45) is 5.10 Å². The molecule has 0 unspecified atom stereocenters. The molecule has 2 amide bonds. The van der Waals surface area contributed by atoms with Crippen molar-refractivity contribution < 1.29 is 23.5 Å². The van der Waals surface area contributed by atoms with Gasteiger partial charge in [-0.3, -0.25) is 9.59 Å². The molecule has 1 aromatic heterocycles. The molecule has 0 saturated heterocycles. The van der Waals surface area contributed by atoms with Crippen LogP contribution in [0.25, 0.3) is 0 Å². The van der Waals surface area contributed by atoms with Crippen LogP contribution in [-0.2, 0) is 27.2 Å². The molecule has 3 rings (SSSR count). The number of carbonyl (C=O) groups excluding carboxylic acids is 3. The average molecular weight is 389 g/mol. The van der Waals surface area contributed by atoms with E-state index in [1.165, 1.54) is 36.6 Å². The van der Waals surface area contributed by atoms with Crippen molar-refractivity contribution in [1.82, 2.24) is 5.43 Å². The molecule has 140 valence electrons. The molecule has 27 heavy (non-hydrogen) atoms. The van der Waals surface area contributed by atoms with Crippen LogP contribution in [-0.4, -0.2) is 31.1 Å². The maximum atomic E-state index is 13.5. The number of carbonyl (C=O) groups is 3. The van der Waals surface area contributed by atoms with Gasteiger partial charge in [0, 0.05) is 10.4 Å². The third kappa shape index (κ3) is 4.03. The number of rotatable bonds is 4. The summed E-state index contributed by atoms with van der Waals surface area (Å²) >= 11 is 1.26. The average Bonchev–Trinajstić information content (AvgIpc) is 3.23. The number of benzene rings is 1. The number of hydrazone groups is 1. The van der Waals surface area contributed by atoms with Gasteiger partial charge >= 0.3 is 17.8 Å². The fourth-order valence-electron chi connectivity index (χ4n) is 2.76. The summed E-state index contributed by atoms with van der Waals surface area (Å²) in [6.45, 7) is 0. The highest BCUT2D eigenvalue weighted by Crippen LogP contribution is 2.39. The smallest absolute Gasteiger partial charge is 0.341 e. The number of nitrogens with zero attached hydrogens (tertiary/aromatic N) is 1. The number of aryl methyl sites for hydroxylation is 1. The molecule has 9 heteroatoms. The van der Waals surface area contributed by atoms with Crippen LogP contribution in [0.3, 0.4) is 0 Å². The minimum atomic E-state index is -1.04. The zero-order valence-corrected chi connectivity index (χ0v) is 15.2. The molecular weight excluding hydrogens is 373 g/mol. The van der Waals surface area contributed by atoms with E-state index in [9.17, 15) is 18.8 Å². The number of anilines is 1. The standard InChI is InChI=1S/C18H16FN3O4S/c1-26-18(25)14-11-6-4-8-13(11)27-17(14)21-15(23)16(24)22-20-9-10-5-2-3-7-12(10)19/h2-3,5,7,9H,4,6,8H2,1H3,(H,21,23)(H,22,24)/b20-9-. The zero-order chi connectivity index (χ0) is 19.4. The topological polar surface area (TPSA) is 96.9 Å². The van der Waals surface area contributed by atoms with Crippen LogP contribution in [0.4, 0.5) is 9.39 Å². The fourth-order valence-corrected chi connectivity index (χ4v) is 4.03. The van der Waals surface area contributed by atoms with Crippen molar-refractivity contribution in [3.63, 3.8) is 0 Å². The van der Waals surface area contributed by atoms with Crippen molar-refractivity contribution in [2.45, 2.75) is 19.3 Å². The van der Waals surface area contributed by atoms with Crippen molar-refractivity contribution in [2.75, 3.05) is 12.4 Å². The van der Waals surface area contributed by atoms with Crippen LogP contribution in [0.2, 0.25) is 0 Å². The summed E-state index contributed by atoms with van der Waals surface area (Å²) in [5.41, 5.74) is 3.36. The minimum absolute atomic E-state index is 0.167. The Morgan fingerprint density at radius 2 is 2.00 bits per heavy atom. The Balaban J connectivity index is 1.68. The lowest BCUT2D eigenvalue weighted by Gasteiger charge is -2.06. The number of hydrogen-bond acceptors (Lipinski definition) is 6. The first-order chi connectivity index (χ1) is 13.0. The summed E-state index contributed by atoms with van der Waals surface area (Å²) in [5.74, 6) is -3.07. The second-order valence-electron chi connectivity index (χ2n) is 5.73. The van der Waals surface area contributed by atoms with E-state index in [1.54, 1.807) is 6.07 Å². The number of esters is 1. The number of thiophene rings is 1. The number of fused-ring (bicyclic) bond motifs is 1. The van der Waals surface area contributed by atoms with Gasteiger partial charge in [-0.1, -0.05) is 18.2 Å². The zero-order valence-electron chi connectivity index (χ0n) is 14.4. The van der Waals surface area contributed by atoms with Gasteiger partial charge in [0.25, 0.3) is 0 Å². The van der Waals surface area contributed by atoms with Gasteiger partial charge in [-0.05, 0) is 30.9 Å². The Kier molecular flexibility index (Phi) is 5.60. The molecule has 0 fully saturated rings. The van der Waals surface area contributed by atoms with Crippen LogP contribution >= 0.6 is 11.3 Å². The second-order valence-corrected chi connectivity index (χ2v) is 6.83. The van der Waals surface area contributed by atoms with E-state index in [1.807, 2.05) is 5.43 Å². The highest BCUT2D eigenvalue weighted by molar-refractivity contribution is 7.17. The van der Waals surface area contributed by atoms with Crippen LogP contribution in [0.15, 0.2) is 29.4 Å². The second kappa shape index (κ2) is 8.09. The number of hydrogen-bond donors (Lipinski definition) is 2. The number of halogens is 1. The lowest BCUT2D eigenvalue weighted by Crippen LogP contribution is -2.32. The third-order valence-corrected chi connectivity index (χ3v) is 5.23. The predicted octanol–water partition coefficient (Wildman–Crippen LogP) is 2.25. The Bertz CT molecular complexity index is 939. The van der Waals surface area contributed by atoms with Crippen LogP contribution in [0, 0.1) is 5.82 Å². The van der Waals surface area contributed by atoms with E-state index in [-0.39, 0.29) is 10.6 Å². The number of nitrogens with one attached hydrogen (secondary N) is 2. The Morgan fingerprint density at radius 3 is 2.74 bits per heavy atom. The highest BCUT2D eigenvalue weighted by Gasteiger charge is 2.29. The molecule has 1 heterocycles. The summed E-state index contributed by atoms with van der Waals surface area (Å²) < 4.78 is 18.3. The maximum Gasteiger partial charge on any atom is 0.341 e. The summed E-state index contributed by atoms with van der Waals surface area (Å²) in [6, 6.07) is 5.86. The summed E-state index contributed by atoms with van der Waals surface area (Å²) in [5, 5.41) is 6.29. The molecule has 0 saturated carbocycles. The first-order valence-corrected chi connectivity index (χ1v) is 8.94. The van der Waals surface area contributed by atoms with E-state index in [4.69, 9.17) is 4.74 Å². The molecule has 0 spiro atoms. The maximum absolute atomic E-state index is 13.5. The molecule has 0 atom stereocenters. The minimum Gasteiger partial charge on any atom is -0.465 e. The van der Waals surface area contributed by atoms with Crippen LogP contribution in [0.1, 0.15) is 32.8 Å². The van der Waals surface area contributed by atoms with Crippen LogP contribution < -0.4 is 10.7 Å². The van der Waals surface area contributed by atoms with Gasteiger partial charge in [0.05, 0.1) is 18.9 Å². The summed E-state index contributed by atoms with van der Waals surface area (Å²) in [4.78, 5) is 37.0. The quantitative estimate of drug-likeness (QED) is 0.363. The summed E-state index contributed by atoms with van der Waals surface area (Å²) in [6.07, 6.45) is 3.58. The predicted molar refractivity (Wildman–Crippen MR) is 98.4 cm³/mol. The van der Waals surface area contributed by atoms with Crippen molar-refractivity contribution in [1.29, 1.82) is 0 Å². The third-order valence-electron chi connectivity index (χ3n) is 4.02. The Labute approximate surface area is 158 Å². The van der Waals surface area contributed by atoms with E-state index < -0.39 is 23.6 Å². The normalized spacial score (nSPS) is 12.7. The number of methoxy groups -OCH3 is 1. The number of ether oxygens (including phenoxy) is 1. The lowest BCUT2D eigenvalue weighted by molar-refractivity contribution is -0.136. The van der Waals surface area contributed by atoms with Gasteiger partial charge in [0.1, 0.15) is 10.8 Å². The van der Waals surface area contributed by atoms with Gasteiger partial charge in [-0.2, -0.15) is 5.10 Å². The molecule has 0 bridgehead atoms. The van der Waals surface area contributed by atoms with E-state index in [0.29, 0.717) is 5.56 Å². The van der Waals surface area contributed by atoms with Gasteiger partial charge in [-0.25, -0.2) is 14.6 Å². The SMILES string of the molecule is COC(=O)c1c(NC(=O)C(=O)N/N=C\c2ccccc2F)sc2c1CCC2. The monoisotopic (exact) mass is 389 g/mol. The van der Waals surface area contributed by atoms with Gasteiger partial charge < -0.3 is 10.1 Å². The molecule has 1 aliphatic rings. The van der Waals surface area contributed by atoms with Gasteiger partial charge in [0.2, 0.25) is 0 Å². The Morgan fingerprint density at radius 1 is 1.22 bits per heavy atom. The molecule has 1 aromatic carbocycles. The van der Waals surface area contributed by atoms with Crippen molar-refractivity contribution in [3.05, 3.63) is 51.7 Å². The molecule has 0 radical (unpaired) electrons.